The summed E-state index contributed by atoms with van der Waals surface area (Å²) in [6, 6.07) is 10.8. The van der Waals surface area contributed by atoms with Crippen LogP contribution in [0.4, 0.5) is 46.8 Å². The molecule has 3 rings (SSSR count). The van der Waals surface area contributed by atoms with Crippen LogP contribution in [0.5, 0.6) is 0 Å². The van der Waals surface area contributed by atoms with E-state index in [-0.39, 0.29) is 22.9 Å². The highest BCUT2D eigenvalue weighted by Gasteiger charge is 2.35. The summed E-state index contributed by atoms with van der Waals surface area (Å²) in [5.41, 5.74) is 5.03. The summed E-state index contributed by atoms with van der Waals surface area (Å²) in [5, 5.41) is 7.97. The number of nitrogens with zero attached hydrogens (tertiary/aromatic N) is 2. The number of carbonyl (C=O) groups excluding carboxylic acids is 2. The summed E-state index contributed by atoms with van der Waals surface area (Å²) < 4.78 is 46.4. The van der Waals surface area contributed by atoms with Gasteiger partial charge in [0.15, 0.2) is 0 Å². The minimum atomic E-state index is -4.77. The molecule has 0 aliphatic rings. The van der Waals surface area contributed by atoms with Crippen LogP contribution in [0.15, 0.2) is 48.7 Å². The summed E-state index contributed by atoms with van der Waals surface area (Å²) in [7, 11) is 0. The highest BCUT2D eigenvalue weighted by atomic mass is 19.4. The van der Waals surface area contributed by atoms with Crippen molar-refractivity contribution < 1.29 is 27.5 Å². The van der Waals surface area contributed by atoms with E-state index < -0.39 is 35.2 Å². The minimum absolute atomic E-state index is 0.144. The zero-order chi connectivity index (χ0) is 26.7. The van der Waals surface area contributed by atoms with E-state index in [1.165, 1.54) is 24.3 Å². The molecule has 190 valence electrons. The zero-order valence-electron chi connectivity index (χ0n) is 19.9. The van der Waals surface area contributed by atoms with Crippen LogP contribution in [-0.4, -0.2) is 27.6 Å². The Kier molecular flexibility index (Phi) is 7.37. The van der Waals surface area contributed by atoms with E-state index in [4.69, 9.17) is 10.5 Å². The monoisotopic (exact) mass is 502 g/mol. The molecule has 0 bridgehead atoms. The number of aryl methyl sites for hydroxylation is 1. The first kappa shape index (κ1) is 26.3. The van der Waals surface area contributed by atoms with Gasteiger partial charge in [-0.3, -0.25) is 10.1 Å². The van der Waals surface area contributed by atoms with Gasteiger partial charge in [0.1, 0.15) is 17.0 Å². The fourth-order valence-electron chi connectivity index (χ4n) is 3.02. The van der Waals surface area contributed by atoms with Crippen LogP contribution in [0, 0.1) is 6.92 Å². The number of nitrogens with two attached hydrogens (primary N) is 1. The molecule has 5 N–H and O–H groups in total. The molecular weight excluding hydrogens is 477 g/mol. The second kappa shape index (κ2) is 10.1. The van der Waals surface area contributed by atoms with Crippen molar-refractivity contribution in [2.24, 2.45) is 5.73 Å². The highest BCUT2D eigenvalue weighted by molar-refractivity contribution is 5.94. The molecule has 0 spiro atoms. The number of nitrogens with one attached hydrogen (secondary N) is 3. The van der Waals surface area contributed by atoms with E-state index in [1.807, 2.05) is 0 Å². The Morgan fingerprint density at radius 2 is 1.64 bits per heavy atom. The smallest absolute Gasteiger partial charge is 0.421 e. The summed E-state index contributed by atoms with van der Waals surface area (Å²) >= 11 is 0. The molecule has 2 amide bonds. The second-order valence-corrected chi connectivity index (χ2v) is 8.77. The molecule has 0 radical (unpaired) electrons. The number of carbonyl (C=O) groups is 2. The third-order valence-electron chi connectivity index (χ3n) is 4.68. The zero-order valence-corrected chi connectivity index (χ0v) is 19.9. The fraction of sp³-hybridized carbons (Fsp3) is 0.250. The predicted molar refractivity (Wildman–Crippen MR) is 130 cm³/mol. The third kappa shape index (κ3) is 6.84. The molecule has 0 aliphatic heterocycles. The molecule has 0 saturated heterocycles. The third-order valence-corrected chi connectivity index (χ3v) is 4.68. The molecule has 0 fully saturated rings. The fourth-order valence-corrected chi connectivity index (χ4v) is 3.02. The quantitative estimate of drug-likeness (QED) is 0.338. The lowest BCUT2D eigenvalue weighted by Gasteiger charge is -2.21. The second-order valence-electron chi connectivity index (χ2n) is 8.77. The van der Waals surface area contributed by atoms with Crippen LogP contribution in [0.3, 0.4) is 0 Å². The standard InChI is InChI=1S/C24H25F3N6O3/c1-13-9-10-14(19(28)34)11-18(13)31-21-29-12-15(24(25,26)27)20(33-21)30-16-7-5-6-8-17(16)32-22(35)36-23(2,3)4/h5-12H,1-4H3,(H2,28,34)(H,32,35)(H2,29,30,31,33). The first-order valence-electron chi connectivity index (χ1n) is 10.7. The van der Waals surface area contributed by atoms with Gasteiger partial charge in [0.05, 0.1) is 11.4 Å². The average Bonchev–Trinajstić information content (AvgIpc) is 2.74. The molecule has 0 atom stereocenters. The van der Waals surface area contributed by atoms with Gasteiger partial charge < -0.3 is 21.1 Å². The molecule has 0 unspecified atom stereocenters. The Morgan fingerprint density at radius 3 is 2.25 bits per heavy atom. The van der Waals surface area contributed by atoms with Crippen molar-refractivity contribution >= 4 is 40.8 Å². The van der Waals surface area contributed by atoms with Crippen molar-refractivity contribution in [1.29, 1.82) is 0 Å². The summed E-state index contributed by atoms with van der Waals surface area (Å²) in [4.78, 5) is 31.5. The highest BCUT2D eigenvalue weighted by Crippen LogP contribution is 2.37. The molecule has 9 nitrogen and oxygen atoms in total. The summed E-state index contributed by atoms with van der Waals surface area (Å²) in [5.74, 6) is -1.38. The topological polar surface area (TPSA) is 131 Å². The number of aromatic nitrogens is 2. The van der Waals surface area contributed by atoms with Crippen molar-refractivity contribution in [2.45, 2.75) is 39.5 Å². The van der Waals surface area contributed by atoms with Crippen molar-refractivity contribution in [3.63, 3.8) is 0 Å². The average molecular weight is 502 g/mol. The number of halogens is 3. The van der Waals surface area contributed by atoms with Gasteiger partial charge >= 0.3 is 12.3 Å². The maximum absolute atomic E-state index is 13.7. The normalized spacial score (nSPS) is 11.5. The van der Waals surface area contributed by atoms with Gasteiger partial charge in [0, 0.05) is 17.4 Å². The molecule has 1 heterocycles. The SMILES string of the molecule is Cc1ccc(C(N)=O)cc1Nc1ncc(C(F)(F)F)c(Nc2ccccc2NC(=O)OC(C)(C)C)n1. The van der Waals surface area contributed by atoms with E-state index >= 15 is 0 Å². The number of hydrogen-bond acceptors (Lipinski definition) is 7. The number of amides is 2. The van der Waals surface area contributed by atoms with Crippen LogP contribution >= 0.6 is 0 Å². The number of para-hydroxylation sites is 2. The Hall–Kier alpha value is -4.35. The number of primary amides is 1. The Bertz CT molecular complexity index is 1290. The lowest BCUT2D eigenvalue weighted by molar-refractivity contribution is -0.137. The van der Waals surface area contributed by atoms with Crippen molar-refractivity contribution in [3.8, 4) is 0 Å². The van der Waals surface area contributed by atoms with Crippen molar-refractivity contribution in [1.82, 2.24) is 9.97 Å². The van der Waals surface area contributed by atoms with E-state index in [1.54, 1.807) is 45.9 Å². The van der Waals surface area contributed by atoms with Crippen molar-refractivity contribution in [3.05, 3.63) is 65.4 Å². The first-order valence-corrected chi connectivity index (χ1v) is 10.7. The van der Waals surface area contributed by atoms with Crippen molar-refractivity contribution in [2.75, 3.05) is 16.0 Å². The van der Waals surface area contributed by atoms with E-state index in [9.17, 15) is 22.8 Å². The minimum Gasteiger partial charge on any atom is -0.444 e. The Labute approximate surface area is 205 Å². The van der Waals surface area contributed by atoms with Gasteiger partial charge in [-0.25, -0.2) is 9.78 Å². The molecule has 0 saturated carbocycles. The van der Waals surface area contributed by atoms with E-state index in [0.717, 1.165) is 0 Å². The predicted octanol–water partition coefficient (Wildman–Crippen LogP) is 5.74. The summed E-state index contributed by atoms with van der Waals surface area (Å²) in [6.45, 7) is 6.78. The number of hydrogen-bond donors (Lipinski definition) is 4. The number of ether oxygens (including phenoxy) is 1. The molecule has 1 aromatic heterocycles. The molecule has 36 heavy (non-hydrogen) atoms. The molecule has 3 aromatic rings. The van der Waals surface area contributed by atoms with Crippen LogP contribution in [-0.2, 0) is 10.9 Å². The first-order chi connectivity index (χ1) is 16.7. The maximum Gasteiger partial charge on any atom is 0.421 e. The molecular formula is C24H25F3N6O3. The van der Waals surface area contributed by atoms with Crippen LogP contribution in [0.2, 0.25) is 0 Å². The van der Waals surface area contributed by atoms with Crippen LogP contribution < -0.4 is 21.7 Å². The van der Waals surface area contributed by atoms with Gasteiger partial charge in [0.25, 0.3) is 0 Å². The molecule has 2 aromatic carbocycles. The Morgan fingerprint density at radius 1 is 0.972 bits per heavy atom. The van der Waals surface area contributed by atoms with E-state index in [2.05, 4.69) is 25.9 Å². The van der Waals surface area contributed by atoms with Crippen LogP contribution in [0.1, 0.15) is 42.3 Å². The lowest BCUT2D eigenvalue weighted by atomic mass is 10.1. The van der Waals surface area contributed by atoms with Gasteiger partial charge in [-0.2, -0.15) is 18.2 Å². The lowest BCUT2D eigenvalue weighted by Crippen LogP contribution is -2.27. The van der Waals surface area contributed by atoms with Crippen LogP contribution in [0.25, 0.3) is 0 Å². The molecule has 0 aliphatic carbocycles. The number of rotatable bonds is 6. The summed E-state index contributed by atoms with van der Waals surface area (Å²) in [6.07, 6.45) is -4.91. The number of anilines is 5. The Balaban J connectivity index is 1.96. The van der Waals surface area contributed by atoms with Gasteiger partial charge in [-0.15, -0.1) is 0 Å². The number of benzene rings is 2. The van der Waals surface area contributed by atoms with Gasteiger partial charge in [0.2, 0.25) is 11.9 Å². The van der Waals surface area contributed by atoms with Gasteiger partial charge in [-0.1, -0.05) is 18.2 Å². The largest absolute Gasteiger partial charge is 0.444 e. The maximum atomic E-state index is 13.7. The van der Waals surface area contributed by atoms with E-state index in [0.29, 0.717) is 17.4 Å². The van der Waals surface area contributed by atoms with Gasteiger partial charge in [-0.05, 0) is 57.5 Å². The molecule has 12 heteroatoms. The number of alkyl halides is 3.